The molecule has 0 aromatic heterocycles. The Morgan fingerprint density at radius 3 is 1.14 bits per heavy atom. The number of aliphatic carboxylic acids is 2. The van der Waals surface area contributed by atoms with Gasteiger partial charge < -0.3 is 50.4 Å². The van der Waals surface area contributed by atoms with E-state index in [1.165, 1.54) is 52.7 Å². The van der Waals surface area contributed by atoms with E-state index in [0.717, 1.165) is 0 Å². The van der Waals surface area contributed by atoms with Gasteiger partial charge >= 0.3 is 11.9 Å². The van der Waals surface area contributed by atoms with E-state index in [1.54, 1.807) is 36.4 Å². The first-order chi connectivity index (χ1) is 27.8. The van der Waals surface area contributed by atoms with Crippen LogP contribution in [0.3, 0.4) is 0 Å². The van der Waals surface area contributed by atoms with Crippen molar-refractivity contribution in [1.82, 2.24) is 10.6 Å². The highest BCUT2D eigenvalue weighted by Gasteiger charge is 2.21. The van der Waals surface area contributed by atoms with Gasteiger partial charge in [0.05, 0.1) is 61.6 Å². The van der Waals surface area contributed by atoms with Gasteiger partial charge in [-0.1, -0.05) is 44.0 Å². The van der Waals surface area contributed by atoms with Crippen LogP contribution in [0, 0.1) is 0 Å². The molecule has 4 aromatic rings. The summed E-state index contributed by atoms with van der Waals surface area (Å²) in [6, 6.07) is 15.7. The largest absolute Gasteiger partial charge is 0.494 e. The fraction of sp³-hybridized carbons (Fsp3) is 0.211. The van der Waals surface area contributed by atoms with Gasteiger partial charge in [0, 0.05) is 0 Å². The number of carboxylic acids is 2. The first-order valence-corrected chi connectivity index (χ1v) is 19.0. The van der Waals surface area contributed by atoms with Gasteiger partial charge in [-0.25, -0.2) is 0 Å². The molecule has 0 radical (unpaired) electrons. The van der Waals surface area contributed by atoms with Crippen molar-refractivity contribution in [2.45, 2.75) is 0 Å². The quantitative estimate of drug-likeness (QED) is 0.0514. The summed E-state index contributed by atoms with van der Waals surface area (Å²) in [5.74, 6) is -3.98. The van der Waals surface area contributed by atoms with Gasteiger partial charge in [0.2, 0.25) is 11.8 Å². The summed E-state index contributed by atoms with van der Waals surface area (Å²) in [4.78, 5) is 72.5. The predicted molar refractivity (Wildman–Crippen MR) is 219 cm³/mol. The lowest BCUT2D eigenvalue weighted by Gasteiger charge is -2.16. The number of azo groups is 1. The molecule has 0 aliphatic rings. The number of carboxylic acid groups (broad SMARTS) is 2. The van der Waals surface area contributed by atoms with Crippen LogP contribution in [-0.4, -0.2) is 98.0 Å². The molecule has 58 heavy (non-hydrogen) atoms. The maximum Gasteiger partial charge on any atom is 0.322 e. The highest BCUT2D eigenvalue weighted by molar-refractivity contribution is 9.09. The molecule has 4 rings (SSSR count). The number of ether oxygens (including phenoxy) is 4. The Labute approximate surface area is 347 Å². The molecule has 0 aliphatic heterocycles. The van der Waals surface area contributed by atoms with E-state index < -0.39 is 48.7 Å². The van der Waals surface area contributed by atoms with Crippen LogP contribution in [0.25, 0.3) is 22.3 Å². The van der Waals surface area contributed by atoms with Gasteiger partial charge in [0.15, 0.2) is 34.4 Å². The summed E-state index contributed by atoms with van der Waals surface area (Å²) in [7, 11) is 5.63. The SMILES string of the molecule is COc1cc(-c2ccc(NC(=O)CBr)c(C(=O)NCC(=O)O)c2)cc(OC)c1N=Nc1c(OC)cc(-c2ccc(NC(=O)CBr)c(C(=O)NCC(=O)O)c2)cc1OC. The molecule has 0 heterocycles. The molecule has 0 saturated carbocycles. The molecule has 20 heteroatoms. The maximum absolute atomic E-state index is 13.0. The van der Waals surface area contributed by atoms with Crippen molar-refractivity contribution >= 4 is 90.2 Å². The second-order valence-corrected chi connectivity index (χ2v) is 12.8. The minimum absolute atomic E-state index is 0.00688. The maximum atomic E-state index is 13.0. The molecule has 0 aliphatic carbocycles. The second-order valence-electron chi connectivity index (χ2n) is 11.7. The number of carbonyl (C=O) groups is 6. The Hall–Kier alpha value is -6.54. The van der Waals surface area contributed by atoms with E-state index in [2.05, 4.69) is 63.4 Å². The minimum Gasteiger partial charge on any atom is -0.494 e. The van der Waals surface area contributed by atoms with Gasteiger partial charge in [-0.2, -0.15) is 0 Å². The third kappa shape index (κ3) is 11.1. The first kappa shape index (κ1) is 44.2. The van der Waals surface area contributed by atoms with E-state index in [4.69, 9.17) is 29.2 Å². The summed E-state index contributed by atoms with van der Waals surface area (Å²) in [5.41, 5.74) is 2.65. The molecule has 0 fully saturated rings. The predicted octanol–water partition coefficient (Wildman–Crippen LogP) is 5.77. The highest BCUT2D eigenvalue weighted by Crippen LogP contribution is 2.46. The average molecular weight is 929 g/mol. The van der Waals surface area contributed by atoms with Crippen molar-refractivity contribution in [1.29, 1.82) is 0 Å². The van der Waals surface area contributed by atoms with Gasteiger partial charge in [-0.05, 0) is 70.8 Å². The van der Waals surface area contributed by atoms with Crippen LogP contribution in [0.15, 0.2) is 70.9 Å². The Kier molecular flexibility index (Phi) is 15.7. The number of alkyl halides is 2. The number of hydrogen-bond donors (Lipinski definition) is 6. The van der Waals surface area contributed by atoms with E-state index in [1.807, 2.05) is 0 Å². The topological polar surface area (TPSA) is 253 Å². The zero-order chi connectivity index (χ0) is 42.5. The lowest BCUT2D eigenvalue weighted by molar-refractivity contribution is -0.136. The summed E-state index contributed by atoms with van der Waals surface area (Å²) >= 11 is 6.14. The van der Waals surface area contributed by atoms with Crippen LogP contribution >= 0.6 is 31.9 Å². The molecule has 0 unspecified atom stereocenters. The van der Waals surface area contributed by atoms with Crippen molar-refractivity contribution in [3.63, 3.8) is 0 Å². The molecule has 0 bridgehead atoms. The highest BCUT2D eigenvalue weighted by atomic mass is 79.9. The van der Waals surface area contributed by atoms with E-state index in [0.29, 0.717) is 22.3 Å². The van der Waals surface area contributed by atoms with Crippen LogP contribution in [0.5, 0.6) is 23.0 Å². The fourth-order valence-electron chi connectivity index (χ4n) is 5.33. The third-order valence-electron chi connectivity index (χ3n) is 8.00. The smallest absolute Gasteiger partial charge is 0.322 e. The molecular formula is C38H36Br2N6O12. The summed E-state index contributed by atoms with van der Waals surface area (Å²) in [6.07, 6.45) is 0. The molecule has 0 atom stereocenters. The number of carbonyl (C=O) groups excluding carboxylic acids is 4. The van der Waals surface area contributed by atoms with Crippen molar-refractivity contribution < 1.29 is 57.9 Å². The number of anilines is 2. The molecule has 4 aromatic carbocycles. The summed E-state index contributed by atoms with van der Waals surface area (Å²) in [5, 5.41) is 36.8. The van der Waals surface area contributed by atoms with Crippen LogP contribution in [0.2, 0.25) is 0 Å². The molecule has 6 N–H and O–H groups in total. The summed E-state index contributed by atoms with van der Waals surface area (Å²) in [6.45, 7) is -1.29. The van der Waals surface area contributed by atoms with Crippen molar-refractivity contribution in [3.05, 3.63) is 71.8 Å². The lowest BCUT2D eigenvalue weighted by atomic mass is 10.00. The number of hydrogen-bond acceptors (Lipinski definition) is 12. The number of nitrogens with one attached hydrogen (secondary N) is 4. The number of methoxy groups -OCH3 is 4. The number of halogens is 2. The number of rotatable bonds is 18. The van der Waals surface area contributed by atoms with Crippen LogP contribution in [0.4, 0.5) is 22.7 Å². The fourth-order valence-corrected chi connectivity index (χ4v) is 5.61. The Balaban J connectivity index is 1.77. The van der Waals surface area contributed by atoms with Gasteiger partial charge in [-0.3, -0.25) is 28.8 Å². The van der Waals surface area contributed by atoms with Crippen molar-refractivity contribution in [2.24, 2.45) is 10.2 Å². The van der Waals surface area contributed by atoms with Crippen molar-refractivity contribution in [3.8, 4) is 45.3 Å². The zero-order valence-electron chi connectivity index (χ0n) is 31.2. The van der Waals surface area contributed by atoms with Crippen molar-refractivity contribution in [2.75, 3.05) is 62.8 Å². The standard InChI is InChI=1S/C38H36Br2N6O12/c1-55-27-11-21(19-5-7-25(43-31(47)15-39)23(9-19)37(53)41-17-33(49)50)12-28(56-2)35(27)45-46-36-29(57-3)13-22(14-30(36)58-4)20-6-8-26(44-32(48)16-40)24(10-20)38(54)42-18-34(51)52/h5-14H,15-18H2,1-4H3,(H,41,53)(H,42,54)(H,43,47)(H,44,48)(H,49,50)(H,51,52). The zero-order valence-corrected chi connectivity index (χ0v) is 34.4. The summed E-state index contributed by atoms with van der Waals surface area (Å²) < 4.78 is 22.7. The van der Waals surface area contributed by atoms with Crippen LogP contribution in [-0.2, 0) is 19.2 Å². The third-order valence-corrected chi connectivity index (χ3v) is 9.01. The second kappa shape index (κ2) is 20.6. The van der Waals surface area contributed by atoms with Gasteiger partial charge in [0.1, 0.15) is 13.1 Å². The number of benzene rings is 4. The molecule has 18 nitrogen and oxygen atoms in total. The Morgan fingerprint density at radius 1 is 0.534 bits per heavy atom. The van der Waals surface area contributed by atoms with Crippen LogP contribution < -0.4 is 40.2 Å². The molecule has 304 valence electrons. The van der Waals surface area contributed by atoms with E-state index >= 15 is 0 Å². The number of nitrogens with zero attached hydrogens (tertiary/aromatic N) is 2. The minimum atomic E-state index is -1.25. The lowest BCUT2D eigenvalue weighted by Crippen LogP contribution is -2.30. The molecule has 0 spiro atoms. The Bertz CT molecular complexity index is 2080. The van der Waals surface area contributed by atoms with E-state index in [9.17, 15) is 28.8 Å². The molecular weight excluding hydrogens is 892 g/mol. The molecule has 0 saturated heterocycles. The monoisotopic (exact) mass is 926 g/mol. The molecule has 4 amide bonds. The van der Waals surface area contributed by atoms with Gasteiger partial charge in [0.25, 0.3) is 11.8 Å². The van der Waals surface area contributed by atoms with E-state index in [-0.39, 0.29) is 67.5 Å². The number of amides is 4. The van der Waals surface area contributed by atoms with Gasteiger partial charge in [-0.15, -0.1) is 10.2 Å². The normalized spacial score (nSPS) is 10.7. The average Bonchev–Trinajstić information content (AvgIpc) is 3.23. The van der Waals surface area contributed by atoms with Crippen LogP contribution in [0.1, 0.15) is 20.7 Å². The first-order valence-electron chi connectivity index (χ1n) is 16.7. The Morgan fingerprint density at radius 2 is 0.862 bits per heavy atom.